The number of urea groups is 1. The van der Waals surface area contributed by atoms with Gasteiger partial charge in [-0.05, 0) is 49.9 Å². The lowest BCUT2D eigenvalue weighted by molar-refractivity contribution is 0.120. The number of likely N-dealkylation sites (tertiary alicyclic amines) is 2. The van der Waals surface area contributed by atoms with Crippen LogP contribution in [0.2, 0.25) is 0 Å². The summed E-state index contributed by atoms with van der Waals surface area (Å²) in [4.78, 5) is 16.7. The van der Waals surface area contributed by atoms with Crippen LogP contribution in [-0.2, 0) is 16.4 Å². The first-order chi connectivity index (χ1) is 14.9. The summed E-state index contributed by atoms with van der Waals surface area (Å²) in [5.74, 6) is 0.0310. The van der Waals surface area contributed by atoms with Gasteiger partial charge in [0, 0.05) is 36.4 Å². The molecule has 2 atom stereocenters. The minimum absolute atomic E-state index is 0.0179. The van der Waals surface area contributed by atoms with E-state index in [0.29, 0.717) is 19.4 Å². The summed E-state index contributed by atoms with van der Waals surface area (Å²) in [6.07, 6.45) is 2.24. The molecule has 2 aliphatic heterocycles. The Morgan fingerprint density at radius 3 is 2.61 bits per heavy atom. The summed E-state index contributed by atoms with van der Waals surface area (Å²) in [5, 5.41) is 2.10. The Morgan fingerprint density at radius 2 is 1.87 bits per heavy atom. The number of carbonyl (C=O) groups is 1. The molecule has 0 bridgehead atoms. The van der Waals surface area contributed by atoms with E-state index in [9.17, 15) is 13.2 Å². The van der Waals surface area contributed by atoms with Crippen LogP contribution in [0, 0.1) is 0 Å². The Bertz CT molecular complexity index is 1230. The molecule has 1 N–H and O–H groups in total. The maximum Gasteiger partial charge on any atom is 0.320 e. The number of rotatable bonds is 5. The zero-order valence-electron chi connectivity index (χ0n) is 17.6. The molecule has 0 spiro atoms. The molecule has 0 aliphatic carbocycles. The van der Waals surface area contributed by atoms with Crippen LogP contribution < -0.4 is 4.72 Å². The molecule has 1 aromatic heterocycles. The molecule has 2 amide bonds. The van der Waals surface area contributed by atoms with Gasteiger partial charge in [-0.15, -0.1) is 0 Å². The molecule has 3 aromatic rings. The fraction of sp³-hybridized carbons (Fsp3) is 0.435. The number of hydrogen-bond donors (Lipinski definition) is 1. The first-order valence-electron chi connectivity index (χ1n) is 10.9. The highest BCUT2D eigenvalue weighted by Gasteiger charge is 2.41. The van der Waals surface area contributed by atoms with Gasteiger partial charge in [0.05, 0.1) is 11.8 Å². The SMILES string of the molecule is CCS(=O)(=O)N[C@H]1CCN(C(=O)N2CCC2)[C@H]1Cc1ccc2oc3ccccc3c2c1. The third-order valence-corrected chi connectivity index (χ3v) is 7.94. The molecule has 0 radical (unpaired) electrons. The predicted molar refractivity (Wildman–Crippen MR) is 121 cm³/mol. The second kappa shape index (κ2) is 7.84. The Balaban J connectivity index is 1.47. The van der Waals surface area contributed by atoms with E-state index in [0.717, 1.165) is 47.0 Å². The number of nitrogens with one attached hydrogen (secondary N) is 1. The van der Waals surface area contributed by atoms with Crippen molar-refractivity contribution in [2.24, 2.45) is 0 Å². The van der Waals surface area contributed by atoms with Gasteiger partial charge in [-0.25, -0.2) is 17.9 Å². The number of fused-ring (bicyclic) bond motifs is 3. The van der Waals surface area contributed by atoms with Crippen molar-refractivity contribution < 1.29 is 17.6 Å². The molecule has 3 heterocycles. The molecule has 8 heteroatoms. The third-order valence-electron chi connectivity index (χ3n) is 6.52. The fourth-order valence-electron chi connectivity index (χ4n) is 4.63. The Labute approximate surface area is 182 Å². The molecule has 2 aliphatic rings. The lowest BCUT2D eigenvalue weighted by Crippen LogP contribution is -2.54. The highest BCUT2D eigenvalue weighted by Crippen LogP contribution is 2.31. The van der Waals surface area contributed by atoms with Gasteiger partial charge < -0.3 is 14.2 Å². The molecule has 5 rings (SSSR count). The Morgan fingerprint density at radius 1 is 1.10 bits per heavy atom. The van der Waals surface area contributed by atoms with E-state index < -0.39 is 10.0 Å². The van der Waals surface area contributed by atoms with Crippen molar-refractivity contribution in [1.82, 2.24) is 14.5 Å². The first kappa shape index (κ1) is 20.3. The number of carbonyl (C=O) groups excluding carboxylic acids is 1. The van der Waals surface area contributed by atoms with Crippen molar-refractivity contribution in [2.75, 3.05) is 25.4 Å². The van der Waals surface area contributed by atoms with Crippen LogP contribution >= 0.6 is 0 Å². The number of hydrogen-bond acceptors (Lipinski definition) is 4. The molecular formula is C23H27N3O4S. The minimum Gasteiger partial charge on any atom is -0.456 e. The van der Waals surface area contributed by atoms with Crippen LogP contribution in [0.5, 0.6) is 0 Å². The van der Waals surface area contributed by atoms with Crippen LogP contribution in [0.1, 0.15) is 25.3 Å². The standard InChI is InChI=1S/C23H27N3O4S/c1-2-31(28,29)24-19-10-13-26(23(27)25-11-5-12-25)20(19)15-16-8-9-22-18(14-16)17-6-3-4-7-21(17)30-22/h3-4,6-9,14,19-20,24H,2,5,10-13,15H2,1H3/t19-,20-/m0/s1. The highest BCUT2D eigenvalue weighted by molar-refractivity contribution is 7.89. The van der Waals surface area contributed by atoms with Crippen molar-refractivity contribution in [3.8, 4) is 0 Å². The van der Waals surface area contributed by atoms with E-state index in [2.05, 4.69) is 10.8 Å². The monoisotopic (exact) mass is 441 g/mol. The minimum atomic E-state index is -3.36. The van der Waals surface area contributed by atoms with E-state index in [1.165, 1.54) is 0 Å². The zero-order valence-corrected chi connectivity index (χ0v) is 18.4. The molecule has 0 saturated carbocycles. The van der Waals surface area contributed by atoms with E-state index >= 15 is 0 Å². The second-order valence-electron chi connectivity index (χ2n) is 8.43. The van der Waals surface area contributed by atoms with Gasteiger partial charge in [0.1, 0.15) is 11.2 Å². The number of furan rings is 1. The van der Waals surface area contributed by atoms with Crippen molar-refractivity contribution in [3.63, 3.8) is 0 Å². The van der Waals surface area contributed by atoms with Gasteiger partial charge in [-0.2, -0.15) is 0 Å². The fourth-order valence-corrected chi connectivity index (χ4v) is 5.53. The number of para-hydroxylation sites is 1. The molecule has 164 valence electrons. The van der Waals surface area contributed by atoms with E-state index in [1.807, 2.05) is 46.2 Å². The number of benzene rings is 2. The maximum absolute atomic E-state index is 13.0. The van der Waals surface area contributed by atoms with Gasteiger partial charge in [0.2, 0.25) is 10.0 Å². The van der Waals surface area contributed by atoms with E-state index in [-0.39, 0.29) is 23.9 Å². The zero-order chi connectivity index (χ0) is 21.6. The number of amides is 2. The third kappa shape index (κ3) is 3.78. The normalized spacial score (nSPS) is 21.7. The van der Waals surface area contributed by atoms with Gasteiger partial charge in [-0.3, -0.25) is 0 Å². The number of sulfonamides is 1. The van der Waals surface area contributed by atoms with Crippen LogP contribution in [0.15, 0.2) is 46.9 Å². The molecule has 7 nitrogen and oxygen atoms in total. The smallest absolute Gasteiger partial charge is 0.320 e. The largest absolute Gasteiger partial charge is 0.456 e. The lowest BCUT2D eigenvalue weighted by atomic mass is 9.99. The molecule has 2 aromatic carbocycles. The van der Waals surface area contributed by atoms with E-state index in [1.54, 1.807) is 6.92 Å². The van der Waals surface area contributed by atoms with Crippen LogP contribution in [0.25, 0.3) is 21.9 Å². The molecule has 0 unspecified atom stereocenters. The van der Waals surface area contributed by atoms with Crippen molar-refractivity contribution in [1.29, 1.82) is 0 Å². The second-order valence-corrected chi connectivity index (χ2v) is 10.5. The summed E-state index contributed by atoms with van der Waals surface area (Å²) in [7, 11) is -3.36. The van der Waals surface area contributed by atoms with Gasteiger partial charge in [-0.1, -0.05) is 24.3 Å². The average Bonchev–Trinajstić information content (AvgIpc) is 3.27. The van der Waals surface area contributed by atoms with Crippen LogP contribution in [-0.4, -0.2) is 61.7 Å². The molecule has 2 fully saturated rings. The van der Waals surface area contributed by atoms with Crippen molar-refractivity contribution in [3.05, 3.63) is 48.0 Å². The quantitative estimate of drug-likeness (QED) is 0.658. The van der Waals surface area contributed by atoms with Crippen molar-refractivity contribution >= 4 is 38.0 Å². The Kier molecular flexibility index (Phi) is 5.14. The highest BCUT2D eigenvalue weighted by atomic mass is 32.2. The summed E-state index contributed by atoms with van der Waals surface area (Å²) in [5.41, 5.74) is 2.74. The maximum atomic E-state index is 13.0. The Hall–Kier alpha value is -2.58. The van der Waals surface area contributed by atoms with Crippen LogP contribution in [0.4, 0.5) is 4.79 Å². The van der Waals surface area contributed by atoms with Gasteiger partial charge >= 0.3 is 6.03 Å². The summed E-state index contributed by atoms with van der Waals surface area (Å²) in [6.45, 7) is 3.75. The van der Waals surface area contributed by atoms with Crippen molar-refractivity contribution in [2.45, 2.75) is 38.3 Å². The van der Waals surface area contributed by atoms with Gasteiger partial charge in [0.25, 0.3) is 0 Å². The lowest BCUT2D eigenvalue weighted by Gasteiger charge is -2.37. The summed E-state index contributed by atoms with van der Waals surface area (Å²) in [6, 6.07) is 13.5. The first-order valence-corrected chi connectivity index (χ1v) is 12.6. The van der Waals surface area contributed by atoms with E-state index in [4.69, 9.17) is 4.42 Å². The van der Waals surface area contributed by atoms with Gasteiger partial charge in [0.15, 0.2) is 0 Å². The molecular weight excluding hydrogens is 414 g/mol. The molecule has 31 heavy (non-hydrogen) atoms. The number of nitrogens with zero attached hydrogens (tertiary/aromatic N) is 2. The van der Waals surface area contributed by atoms with Crippen LogP contribution in [0.3, 0.4) is 0 Å². The topological polar surface area (TPSA) is 82.9 Å². The predicted octanol–water partition coefficient (Wildman–Crippen LogP) is 3.34. The summed E-state index contributed by atoms with van der Waals surface area (Å²) < 4.78 is 33.3. The average molecular weight is 442 g/mol. The summed E-state index contributed by atoms with van der Waals surface area (Å²) >= 11 is 0. The molecule has 2 saturated heterocycles.